The van der Waals surface area contributed by atoms with Gasteiger partial charge in [-0.05, 0) is 36.4 Å². The molecule has 4 nitrogen and oxygen atoms in total. The molecule has 0 saturated heterocycles. The second kappa shape index (κ2) is 6.54. The molecule has 3 rings (SSSR count). The Hall–Kier alpha value is -1.79. The molecule has 2 aromatic carbocycles. The third-order valence-corrected chi connectivity index (χ3v) is 4.77. The van der Waals surface area contributed by atoms with E-state index in [2.05, 4.69) is 21.2 Å². The standard InChI is InChI=1S/C16H13BrN2O2S/c17-11-5-7-12(8-6-11)22-10-16(21)19-9-15(20)18-13-3-1-2-4-14(13)19/h1-8H,9-10H2,(H,18,20). The molecule has 1 heterocycles. The van der Waals surface area contributed by atoms with Gasteiger partial charge in [0.25, 0.3) is 0 Å². The lowest BCUT2D eigenvalue weighted by Gasteiger charge is -2.29. The van der Waals surface area contributed by atoms with Crippen LogP contribution in [-0.2, 0) is 9.59 Å². The van der Waals surface area contributed by atoms with Crippen molar-refractivity contribution in [2.24, 2.45) is 0 Å². The highest BCUT2D eigenvalue weighted by Gasteiger charge is 2.26. The summed E-state index contributed by atoms with van der Waals surface area (Å²) in [6.45, 7) is 0.0662. The number of benzene rings is 2. The van der Waals surface area contributed by atoms with Gasteiger partial charge in [-0.2, -0.15) is 0 Å². The van der Waals surface area contributed by atoms with Crippen LogP contribution in [0, 0.1) is 0 Å². The van der Waals surface area contributed by atoms with Crippen LogP contribution >= 0.6 is 27.7 Å². The molecule has 0 spiro atoms. The molecule has 6 heteroatoms. The fraction of sp³-hybridized carbons (Fsp3) is 0.125. The maximum Gasteiger partial charge on any atom is 0.244 e. The Labute approximate surface area is 141 Å². The van der Waals surface area contributed by atoms with Crippen molar-refractivity contribution in [2.75, 3.05) is 22.5 Å². The molecule has 0 aromatic heterocycles. The monoisotopic (exact) mass is 376 g/mol. The van der Waals surface area contributed by atoms with Gasteiger partial charge in [-0.25, -0.2) is 0 Å². The molecule has 1 aliphatic rings. The van der Waals surface area contributed by atoms with Crippen LogP contribution in [0.3, 0.4) is 0 Å². The molecule has 1 aliphatic heterocycles. The number of fused-ring (bicyclic) bond motifs is 1. The number of anilines is 2. The maximum atomic E-state index is 12.5. The Morgan fingerprint density at radius 2 is 1.91 bits per heavy atom. The van der Waals surface area contributed by atoms with Gasteiger partial charge in [0.1, 0.15) is 6.54 Å². The predicted molar refractivity (Wildman–Crippen MR) is 92.3 cm³/mol. The molecule has 0 radical (unpaired) electrons. The minimum Gasteiger partial charge on any atom is -0.323 e. The molecule has 2 aromatic rings. The van der Waals surface area contributed by atoms with Gasteiger partial charge >= 0.3 is 0 Å². The lowest BCUT2D eigenvalue weighted by molar-refractivity contribution is -0.120. The van der Waals surface area contributed by atoms with Crippen molar-refractivity contribution in [3.63, 3.8) is 0 Å². The Kier molecular flexibility index (Phi) is 4.49. The Bertz CT molecular complexity index is 718. The second-order valence-corrected chi connectivity index (χ2v) is 6.75. The molecule has 2 amide bonds. The van der Waals surface area contributed by atoms with E-state index in [1.165, 1.54) is 11.8 Å². The average molecular weight is 377 g/mol. The number of para-hydroxylation sites is 2. The number of nitrogens with one attached hydrogen (secondary N) is 1. The number of hydrogen-bond donors (Lipinski definition) is 1. The Morgan fingerprint density at radius 3 is 2.68 bits per heavy atom. The van der Waals surface area contributed by atoms with Crippen molar-refractivity contribution in [3.05, 3.63) is 53.0 Å². The summed E-state index contributed by atoms with van der Waals surface area (Å²) in [6, 6.07) is 15.1. The van der Waals surface area contributed by atoms with E-state index >= 15 is 0 Å². The SMILES string of the molecule is O=C1CN(C(=O)CSc2ccc(Br)cc2)c2ccccc2N1. The van der Waals surface area contributed by atoms with Gasteiger partial charge in [-0.15, -0.1) is 11.8 Å². The van der Waals surface area contributed by atoms with E-state index in [0.717, 1.165) is 15.1 Å². The smallest absolute Gasteiger partial charge is 0.244 e. The first-order valence-corrected chi connectivity index (χ1v) is 8.49. The summed E-state index contributed by atoms with van der Waals surface area (Å²) in [7, 11) is 0. The van der Waals surface area contributed by atoms with Crippen molar-refractivity contribution in [2.45, 2.75) is 4.90 Å². The van der Waals surface area contributed by atoms with E-state index in [1.54, 1.807) is 11.0 Å². The van der Waals surface area contributed by atoms with Crippen LogP contribution in [0.1, 0.15) is 0 Å². The first-order chi connectivity index (χ1) is 10.6. The Balaban J connectivity index is 1.72. The lowest BCUT2D eigenvalue weighted by Crippen LogP contribution is -2.43. The summed E-state index contributed by atoms with van der Waals surface area (Å²) in [6.07, 6.45) is 0. The molecule has 112 valence electrons. The number of amides is 2. The largest absolute Gasteiger partial charge is 0.323 e. The molecule has 0 atom stereocenters. The molecule has 0 saturated carbocycles. The zero-order valence-corrected chi connectivity index (χ0v) is 14.0. The van der Waals surface area contributed by atoms with Crippen LogP contribution in [0.4, 0.5) is 11.4 Å². The van der Waals surface area contributed by atoms with Crippen LogP contribution in [0.15, 0.2) is 57.9 Å². The van der Waals surface area contributed by atoms with Crippen molar-refractivity contribution in [1.29, 1.82) is 0 Å². The summed E-state index contributed by atoms with van der Waals surface area (Å²) < 4.78 is 1.00. The molecule has 0 unspecified atom stereocenters. The van der Waals surface area contributed by atoms with E-state index in [1.807, 2.05) is 42.5 Å². The van der Waals surface area contributed by atoms with Crippen molar-refractivity contribution >= 4 is 50.9 Å². The van der Waals surface area contributed by atoms with E-state index in [9.17, 15) is 9.59 Å². The van der Waals surface area contributed by atoms with E-state index in [-0.39, 0.29) is 18.4 Å². The van der Waals surface area contributed by atoms with E-state index < -0.39 is 0 Å². The minimum absolute atomic E-state index is 0.0662. The maximum absolute atomic E-state index is 12.5. The number of carbonyl (C=O) groups excluding carboxylic acids is 2. The fourth-order valence-electron chi connectivity index (χ4n) is 2.21. The van der Waals surface area contributed by atoms with Gasteiger partial charge in [0.15, 0.2) is 0 Å². The van der Waals surface area contributed by atoms with Crippen LogP contribution < -0.4 is 10.2 Å². The third-order valence-electron chi connectivity index (χ3n) is 3.25. The first-order valence-electron chi connectivity index (χ1n) is 6.71. The number of thioether (sulfide) groups is 1. The third kappa shape index (κ3) is 3.34. The van der Waals surface area contributed by atoms with Gasteiger partial charge in [0.2, 0.25) is 11.8 Å². The van der Waals surface area contributed by atoms with Crippen molar-refractivity contribution in [1.82, 2.24) is 0 Å². The minimum atomic E-state index is -0.166. The molecule has 0 aliphatic carbocycles. The summed E-state index contributed by atoms with van der Waals surface area (Å²) in [5.41, 5.74) is 1.43. The van der Waals surface area contributed by atoms with E-state index in [4.69, 9.17) is 0 Å². The summed E-state index contributed by atoms with van der Waals surface area (Å²) >= 11 is 4.85. The van der Waals surface area contributed by atoms with Crippen molar-refractivity contribution in [3.8, 4) is 0 Å². The molecule has 1 N–H and O–H groups in total. The second-order valence-electron chi connectivity index (χ2n) is 4.79. The first kappa shape index (κ1) is 15.1. The fourth-order valence-corrected chi connectivity index (χ4v) is 3.25. The summed E-state index contributed by atoms with van der Waals surface area (Å²) in [5, 5.41) is 2.78. The van der Waals surface area contributed by atoms with Crippen molar-refractivity contribution < 1.29 is 9.59 Å². The summed E-state index contributed by atoms with van der Waals surface area (Å²) in [4.78, 5) is 26.8. The quantitative estimate of drug-likeness (QED) is 0.833. The predicted octanol–water partition coefficient (Wildman–Crippen LogP) is 3.53. The molecular formula is C16H13BrN2O2S. The normalized spacial score (nSPS) is 13.5. The van der Waals surface area contributed by atoms with Gasteiger partial charge in [-0.1, -0.05) is 28.1 Å². The zero-order chi connectivity index (χ0) is 15.5. The van der Waals surface area contributed by atoms with Crippen LogP contribution in [-0.4, -0.2) is 24.1 Å². The number of hydrogen-bond acceptors (Lipinski definition) is 3. The highest BCUT2D eigenvalue weighted by atomic mass is 79.9. The van der Waals surface area contributed by atoms with Crippen LogP contribution in [0.25, 0.3) is 0 Å². The Morgan fingerprint density at radius 1 is 1.18 bits per heavy atom. The number of rotatable bonds is 3. The topological polar surface area (TPSA) is 49.4 Å². The van der Waals surface area contributed by atoms with Crippen LogP contribution in [0.5, 0.6) is 0 Å². The lowest BCUT2D eigenvalue weighted by atomic mass is 10.2. The number of carbonyl (C=O) groups is 2. The highest BCUT2D eigenvalue weighted by Crippen LogP contribution is 2.30. The number of halogens is 1. The molecule has 0 bridgehead atoms. The van der Waals surface area contributed by atoms with Gasteiger partial charge in [-0.3, -0.25) is 9.59 Å². The van der Waals surface area contributed by atoms with Crippen LogP contribution in [0.2, 0.25) is 0 Å². The van der Waals surface area contributed by atoms with Gasteiger partial charge in [0.05, 0.1) is 17.1 Å². The van der Waals surface area contributed by atoms with Gasteiger partial charge < -0.3 is 10.2 Å². The zero-order valence-electron chi connectivity index (χ0n) is 11.6. The molecule has 0 fully saturated rings. The molecule has 22 heavy (non-hydrogen) atoms. The summed E-state index contributed by atoms with van der Waals surface area (Å²) in [5.74, 6) is 0.0550. The van der Waals surface area contributed by atoms with Gasteiger partial charge in [0, 0.05) is 9.37 Å². The number of nitrogens with zero attached hydrogens (tertiary/aromatic N) is 1. The average Bonchev–Trinajstić information content (AvgIpc) is 2.53. The molecular weight excluding hydrogens is 364 g/mol. The van der Waals surface area contributed by atoms with E-state index in [0.29, 0.717) is 11.4 Å². The highest BCUT2D eigenvalue weighted by molar-refractivity contribution is 9.10.